The molecule has 3 unspecified atom stereocenters. The molecule has 0 heterocycles. The molecule has 0 radical (unpaired) electrons. The Morgan fingerprint density at radius 2 is 1.67 bits per heavy atom. The molecule has 1 rings (SSSR count). The summed E-state index contributed by atoms with van der Waals surface area (Å²) in [6.45, 7) is 10.7. The van der Waals surface area contributed by atoms with Crippen molar-refractivity contribution in [1.29, 1.82) is 0 Å². The van der Waals surface area contributed by atoms with Gasteiger partial charge < -0.3 is 5.32 Å². The minimum Gasteiger partial charge on any atom is -0.307 e. The van der Waals surface area contributed by atoms with E-state index in [1.54, 1.807) is 6.26 Å². The first-order valence-corrected chi connectivity index (χ1v) is 8.17. The monoisotopic (exact) mass is 267 g/mol. The Kier molecular flexibility index (Phi) is 5.54. The van der Waals surface area contributed by atoms with Crippen LogP contribution in [0.3, 0.4) is 0 Å². The van der Waals surface area contributed by atoms with Crippen LogP contribution in [-0.2, 0) is 10.8 Å². The molecule has 0 fully saturated rings. The Morgan fingerprint density at radius 1 is 1.17 bits per heavy atom. The van der Waals surface area contributed by atoms with Crippen LogP contribution in [0.2, 0.25) is 0 Å². The molecule has 0 aromatic heterocycles. The van der Waals surface area contributed by atoms with Crippen molar-refractivity contribution >= 4 is 10.8 Å². The molecule has 18 heavy (non-hydrogen) atoms. The maximum Gasteiger partial charge on any atom is 0.0383 e. The van der Waals surface area contributed by atoms with E-state index < -0.39 is 10.8 Å². The fraction of sp³-hybridized carbons (Fsp3) is 0.600. The minimum atomic E-state index is -0.745. The van der Waals surface area contributed by atoms with Gasteiger partial charge in [0.25, 0.3) is 0 Å². The molecule has 1 aromatic rings. The van der Waals surface area contributed by atoms with Gasteiger partial charge in [0.1, 0.15) is 0 Å². The molecule has 0 amide bonds. The van der Waals surface area contributed by atoms with Gasteiger partial charge in [-0.05, 0) is 51.3 Å². The second kappa shape index (κ2) is 6.48. The van der Waals surface area contributed by atoms with E-state index in [1.807, 2.05) is 0 Å². The van der Waals surface area contributed by atoms with E-state index in [0.29, 0.717) is 11.8 Å². The van der Waals surface area contributed by atoms with E-state index >= 15 is 0 Å². The van der Waals surface area contributed by atoms with E-state index in [2.05, 4.69) is 52.1 Å². The number of hydrogen-bond acceptors (Lipinski definition) is 2. The summed E-state index contributed by atoms with van der Waals surface area (Å²) in [5.74, 6) is 0.703. The summed E-state index contributed by atoms with van der Waals surface area (Å²) in [4.78, 5) is 0. The van der Waals surface area contributed by atoms with Crippen molar-refractivity contribution < 1.29 is 4.21 Å². The van der Waals surface area contributed by atoms with Gasteiger partial charge in [0.15, 0.2) is 0 Å². The molecule has 1 N–H and O–H groups in total. The van der Waals surface area contributed by atoms with Crippen LogP contribution in [0.5, 0.6) is 0 Å². The van der Waals surface area contributed by atoms with Gasteiger partial charge in [-0.3, -0.25) is 4.21 Å². The molecule has 0 spiro atoms. The van der Waals surface area contributed by atoms with Crippen LogP contribution in [0.15, 0.2) is 12.1 Å². The largest absolute Gasteiger partial charge is 0.307 e. The molecule has 0 saturated carbocycles. The Hall–Kier alpha value is -0.670. The molecular formula is C15H25NOS. The van der Waals surface area contributed by atoms with Crippen molar-refractivity contribution in [3.63, 3.8) is 0 Å². The summed E-state index contributed by atoms with van der Waals surface area (Å²) in [6, 6.07) is 5.02. The normalized spacial score (nSPS) is 16.3. The molecule has 0 aliphatic heterocycles. The topological polar surface area (TPSA) is 29.1 Å². The summed E-state index contributed by atoms with van der Waals surface area (Å²) in [5, 5.41) is 3.54. The van der Waals surface area contributed by atoms with Gasteiger partial charge in [-0.15, -0.1) is 0 Å². The van der Waals surface area contributed by atoms with Crippen molar-refractivity contribution in [3.05, 3.63) is 34.4 Å². The second-order valence-corrected chi connectivity index (χ2v) is 6.82. The van der Waals surface area contributed by atoms with Crippen LogP contribution >= 0.6 is 0 Å². The lowest BCUT2D eigenvalue weighted by Gasteiger charge is -2.23. The van der Waals surface area contributed by atoms with Crippen LogP contribution in [0.1, 0.15) is 42.1 Å². The predicted molar refractivity (Wildman–Crippen MR) is 80.6 cm³/mol. The smallest absolute Gasteiger partial charge is 0.0383 e. The SMILES string of the molecule is Cc1cc(C)c(C(C)NC(C)CS(C)=O)c(C)c1. The highest BCUT2D eigenvalue weighted by Gasteiger charge is 2.14. The number of aryl methyl sites for hydroxylation is 3. The van der Waals surface area contributed by atoms with Gasteiger partial charge in [0, 0.05) is 34.9 Å². The summed E-state index contributed by atoms with van der Waals surface area (Å²) < 4.78 is 11.2. The van der Waals surface area contributed by atoms with Crippen molar-refractivity contribution in [2.45, 2.75) is 46.7 Å². The lowest BCUT2D eigenvalue weighted by atomic mass is 9.94. The second-order valence-electron chi connectivity index (χ2n) is 5.34. The molecule has 0 bridgehead atoms. The minimum absolute atomic E-state index is 0.269. The highest BCUT2D eigenvalue weighted by molar-refractivity contribution is 7.84. The van der Waals surface area contributed by atoms with Gasteiger partial charge in [-0.25, -0.2) is 0 Å². The Morgan fingerprint density at radius 3 is 2.11 bits per heavy atom. The van der Waals surface area contributed by atoms with E-state index in [-0.39, 0.29) is 6.04 Å². The van der Waals surface area contributed by atoms with Crippen LogP contribution in [0.25, 0.3) is 0 Å². The van der Waals surface area contributed by atoms with Gasteiger partial charge in [-0.1, -0.05) is 17.7 Å². The van der Waals surface area contributed by atoms with E-state index in [4.69, 9.17) is 0 Å². The maximum absolute atomic E-state index is 11.2. The number of rotatable bonds is 5. The van der Waals surface area contributed by atoms with Crippen LogP contribution in [-0.4, -0.2) is 22.3 Å². The fourth-order valence-electron chi connectivity index (χ4n) is 2.78. The average molecular weight is 267 g/mol. The third kappa shape index (κ3) is 4.21. The average Bonchev–Trinajstić information content (AvgIpc) is 2.12. The first kappa shape index (κ1) is 15.4. The maximum atomic E-state index is 11.2. The zero-order valence-corrected chi connectivity index (χ0v) is 13.1. The molecule has 102 valence electrons. The Labute approximate surface area is 114 Å². The molecule has 0 aliphatic carbocycles. The molecular weight excluding hydrogens is 242 g/mol. The fourth-order valence-corrected chi connectivity index (χ4v) is 3.58. The zero-order valence-electron chi connectivity index (χ0n) is 12.3. The number of hydrogen-bond donors (Lipinski definition) is 1. The highest BCUT2D eigenvalue weighted by atomic mass is 32.2. The van der Waals surface area contributed by atoms with Crippen molar-refractivity contribution in [2.24, 2.45) is 0 Å². The van der Waals surface area contributed by atoms with Gasteiger partial charge >= 0.3 is 0 Å². The van der Waals surface area contributed by atoms with Gasteiger partial charge in [-0.2, -0.15) is 0 Å². The molecule has 1 aromatic carbocycles. The lowest BCUT2D eigenvalue weighted by Crippen LogP contribution is -2.33. The molecule has 0 aliphatic rings. The van der Waals surface area contributed by atoms with Crippen molar-refractivity contribution in [2.75, 3.05) is 12.0 Å². The Bertz CT molecular complexity index is 419. The van der Waals surface area contributed by atoms with Crippen LogP contribution in [0, 0.1) is 20.8 Å². The lowest BCUT2D eigenvalue weighted by molar-refractivity contribution is 0.505. The molecule has 0 saturated heterocycles. The van der Waals surface area contributed by atoms with Crippen LogP contribution in [0.4, 0.5) is 0 Å². The Balaban J connectivity index is 2.84. The number of nitrogens with one attached hydrogen (secondary N) is 1. The first-order valence-electron chi connectivity index (χ1n) is 6.45. The third-order valence-corrected chi connectivity index (χ3v) is 4.16. The number of benzene rings is 1. The van der Waals surface area contributed by atoms with Crippen LogP contribution < -0.4 is 5.32 Å². The molecule has 3 heteroatoms. The highest BCUT2D eigenvalue weighted by Crippen LogP contribution is 2.23. The van der Waals surface area contributed by atoms with Gasteiger partial charge in [0.2, 0.25) is 0 Å². The van der Waals surface area contributed by atoms with E-state index in [1.165, 1.54) is 22.3 Å². The van der Waals surface area contributed by atoms with Gasteiger partial charge in [0.05, 0.1) is 0 Å². The summed E-state index contributed by atoms with van der Waals surface area (Å²) in [6.07, 6.45) is 1.76. The molecule has 3 atom stereocenters. The first-order chi connectivity index (χ1) is 8.31. The quantitative estimate of drug-likeness (QED) is 0.888. The predicted octanol–water partition coefficient (Wildman–Crippen LogP) is 3.03. The zero-order chi connectivity index (χ0) is 13.9. The van der Waals surface area contributed by atoms with E-state index in [0.717, 1.165) is 0 Å². The van der Waals surface area contributed by atoms with Crippen molar-refractivity contribution in [1.82, 2.24) is 5.32 Å². The van der Waals surface area contributed by atoms with E-state index in [9.17, 15) is 4.21 Å². The summed E-state index contributed by atoms with van der Waals surface area (Å²) in [7, 11) is -0.745. The standard InChI is InChI=1S/C15H25NOS/c1-10-7-11(2)15(12(3)8-10)14(5)16-13(4)9-18(6)17/h7-8,13-14,16H,9H2,1-6H3. The summed E-state index contributed by atoms with van der Waals surface area (Å²) in [5.41, 5.74) is 5.34. The summed E-state index contributed by atoms with van der Waals surface area (Å²) >= 11 is 0. The molecule has 2 nitrogen and oxygen atoms in total. The third-order valence-electron chi connectivity index (χ3n) is 3.19. The van der Waals surface area contributed by atoms with Crippen molar-refractivity contribution in [3.8, 4) is 0 Å².